The van der Waals surface area contributed by atoms with Gasteiger partial charge in [0, 0.05) is 36.9 Å². The summed E-state index contributed by atoms with van der Waals surface area (Å²) in [7, 11) is 0. The molecule has 2 heterocycles. The van der Waals surface area contributed by atoms with Crippen molar-refractivity contribution in [2.45, 2.75) is 46.0 Å². The molecule has 0 aliphatic heterocycles. The van der Waals surface area contributed by atoms with E-state index in [-0.39, 0.29) is 6.10 Å². The number of hydrogen-bond acceptors (Lipinski definition) is 3. The number of rotatable bonds is 5. The SMILES string of the molecule is CC(O)Cn1cc(CNC(C)C)c2cccnc21. The number of aliphatic hydroxyl groups is 1. The molecule has 0 radical (unpaired) electrons. The second-order valence-electron chi connectivity index (χ2n) is 5.07. The van der Waals surface area contributed by atoms with Crippen LogP contribution in [-0.2, 0) is 13.1 Å². The molecule has 4 nitrogen and oxygen atoms in total. The standard InChI is InChI=1S/C14H21N3O/c1-10(2)16-7-12-9-17(8-11(3)18)14-13(12)5-4-6-15-14/h4-6,9-11,16,18H,7-8H2,1-3H3. The van der Waals surface area contributed by atoms with E-state index in [1.54, 1.807) is 13.1 Å². The maximum absolute atomic E-state index is 9.53. The van der Waals surface area contributed by atoms with Crippen LogP contribution in [-0.4, -0.2) is 26.8 Å². The summed E-state index contributed by atoms with van der Waals surface area (Å²) >= 11 is 0. The third-order valence-electron chi connectivity index (χ3n) is 2.88. The molecule has 0 bridgehead atoms. The topological polar surface area (TPSA) is 50.1 Å². The van der Waals surface area contributed by atoms with E-state index in [4.69, 9.17) is 0 Å². The molecule has 0 spiro atoms. The Hall–Kier alpha value is -1.39. The number of nitrogens with zero attached hydrogens (tertiary/aromatic N) is 2. The normalized spacial score (nSPS) is 13.4. The van der Waals surface area contributed by atoms with Crippen molar-refractivity contribution in [3.8, 4) is 0 Å². The lowest BCUT2D eigenvalue weighted by Gasteiger charge is -2.07. The van der Waals surface area contributed by atoms with Gasteiger partial charge in [-0.15, -0.1) is 0 Å². The van der Waals surface area contributed by atoms with Crippen molar-refractivity contribution in [2.24, 2.45) is 0 Å². The van der Waals surface area contributed by atoms with Gasteiger partial charge in [-0.05, 0) is 24.6 Å². The molecule has 1 unspecified atom stereocenters. The first kappa shape index (κ1) is 13.1. The first-order valence-electron chi connectivity index (χ1n) is 6.42. The van der Waals surface area contributed by atoms with Crippen LogP contribution in [0, 0.1) is 0 Å². The van der Waals surface area contributed by atoms with Crippen LogP contribution in [0.15, 0.2) is 24.5 Å². The summed E-state index contributed by atoms with van der Waals surface area (Å²) in [5, 5.41) is 14.1. The first-order chi connectivity index (χ1) is 8.58. The zero-order valence-electron chi connectivity index (χ0n) is 11.2. The average molecular weight is 247 g/mol. The molecule has 0 aromatic carbocycles. The van der Waals surface area contributed by atoms with E-state index in [0.29, 0.717) is 12.6 Å². The number of aliphatic hydroxyl groups excluding tert-OH is 1. The van der Waals surface area contributed by atoms with Crippen LogP contribution in [0.3, 0.4) is 0 Å². The summed E-state index contributed by atoms with van der Waals surface area (Å²) in [6.07, 6.45) is 3.51. The lowest BCUT2D eigenvalue weighted by molar-refractivity contribution is 0.175. The van der Waals surface area contributed by atoms with Crippen molar-refractivity contribution >= 4 is 11.0 Å². The predicted molar refractivity (Wildman–Crippen MR) is 73.4 cm³/mol. The van der Waals surface area contributed by atoms with Crippen molar-refractivity contribution in [3.05, 3.63) is 30.1 Å². The Morgan fingerprint density at radius 3 is 2.83 bits per heavy atom. The highest BCUT2D eigenvalue weighted by Crippen LogP contribution is 2.19. The Balaban J connectivity index is 2.34. The maximum Gasteiger partial charge on any atom is 0.140 e. The Morgan fingerprint density at radius 2 is 2.17 bits per heavy atom. The average Bonchev–Trinajstić information content (AvgIpc) is 2.65. The highest BCUT2D eigenvalue weighted by molar-refractivity contribution is 5.80. The summed E-state index contributed by atoms with van der Waals surface area (Å²) in [4.78, 5) is 4.41. The number of aromatic nitrogens is 2. The zero-order chi connectivity index (χ0) is 13.1. The van der Waals surface area contributed by atoms with Gasteiger partial charge in [-0.25, -0.2) is 4.98 Å². The van der Waals surface area contributed by atoms with Crippen LogP contribution >= 0.6 is 0 Å². The molecule has 2 N–H and O–H groups in total. The summed E-state index contributed by atoms with van der Waals surface area (Å²) < 4.78 is 2.03. The first-order valence-corrected chi connectivity index (χ1v) is 6.42. The second-order valence-corrected chi connectivity index (χ2v) is 5.07. The molecular formula is C14H21N3O. The quantitative estimate of drug-likeness (QED) is 0.848. The van der Waals surface area contributed by atoms with Gasteiger partial charge in [0.05, 0.1) is 6.10 Å². The molecule has 0 saturated heterocycles. The molecule has 0 aliphatic carbocycles. The largest absolute Gasteiger partial charge is 0.392 e. The highest BCUT2D eigenvalue weighted by Gasteiger charge is 2.10. The van der Waals surface area contributed by atoms with Crippen LogP contribution in [0.5, 0.6) is 0 Å². The van der Waals surface area contributed by atoms with E-state index >= 15 is 0 Å². The van der Waals surface area contributed by atoms with Crippen molar-refractivity contribution < 1.29 is 5.11 Å². The molecule has 98 valence electrons. The second kappa shape index (κ2) is 5.50. The van der Waals surface area contributed by atoms with E-state index in [0.717, 1.165) is 17.6 Å². The number of fused-ring (bicyclic) bond motifs is 1. The Labute approximate surface area is 108 Å². The van der Waals surface area contributed by atoms with E-state index < -0.39 is 0 Å². The van der Waals surface area contributed by atoms with Gasteiger partial charge < -0.3 is 15.0 Å². The van der Waals surface area contributed by atoms with E-state index in [1.807, 2.05) is 10.6 Å². The Morgan fingerprint density at radius 1 is 1.39 bits per heavy atom. The Bertz CT molecular complexity index is 517. The van der Waals surface area contributed by atoms with Crippen molar-refractivity contribution in [1.29, 1.82) is 0 Å². The molecule has 0 fully saturated rings. The monoisotopic (exact) mass is 247 g/mol. The van der Waals surface area contributed by atoms with Crippen LogP contribution in [0.4, 0.5) is 0 Å². The third-order valence-corrected chi connectivity index (χ3v) is 2.88. The minimum absolute atomic E-state index is 0.367. The lowest BCUT2D eigenvalue weighted by atomic mass is 10.2. The van der Waals surface area contributed by atoms with E-state index in [2.05, 4.69) is 36.4 Å². The van der Waals surface area contributed by atoms with Gasteiger partial charge >= 0.3 is 0 Å². The molecule has 1 atom stereocenters. The maximum atomic E-state index is 9.53. The predicted octanol–water partition coefficient (Wildman–Crippen LogP) is 1.92. The molecule has 18 heavy (non-hydrogen) atoms. The molecule has 0 saturated carbocycles. The van der Waals surface area contributed by atoms with E-state index in [9.17, 15) is 5.11 Å². The summed E-state index contributed by atoms with van der Waals surface area (Å²) in [6.45, 7) is 7.46. The smallest absolute Gasteiger partial charge is 0.140 e. The molecule has 0 amide bonds. The minimum Gasteiger partial charge on any atom is -0.392 e. The summed E-state index contributed by atoms with van der Waals surface area (Å²) in [5.74, 6) is 0. The van der Waals surface area contributed by atoms with Crippen molar-refractivity contribution in [2.75, 3.05) is 0 Å². The number of nitrogens with one attached hydrogen (secondary N) is 1. The highest BCUT2D eigenvalue weighted by atomic mass is 16.3. The van der Waals surface area contributed by atoms with Gasteiger partial charge in [0.25, 0.3) is 0 Å². The van der Waals surface area contributed by atoms with Crippen LogP contribution in [0.1, 0.15) is 26.3 Å². The van der Waals surface area contributed by atoms with Gasteiger partial charge in [0.1, 0.15) is 5.65 Å². The molecular weight excluding hydrogens is 226 g/mol. The zero-order valence-corrected chi connectivity index (χ0v) is 11.2. The fraction of sp³-hybridized carbons (Fsp3) is 0.500. The van der Waals surface area contributed by atoms with Gasteiger partial charge in [-0.2, -0.15) is 0 Å². The van der Waals surface area contributed by atoms with Crippen LogP contribution in [0.25, 0.3) is 11.0 Å². The van der Waals surface area contributed by atoms with Gasteiger partial charge in [0.2, 0.25) is 0 Å². The number of hydrogen-bond donors (Lipinski definition) is 2. The van der Waals surface area contributed by atoms with Crippen molar-refractivity contribution in [3.63, 3.8) is 0 Å². The van der Waals surface area contributed by atoms with Gasteiger partial charge in [0.15, 0.2) is 0 Å². The number of pyridine rings is 1. The molecule has 0 aliphatic rings. The van der Waals surface area contributed by atoms with E-state index in [1.165, 1.54) is 5.56 Å². The fourth-order valence-corrected chi connectivity index (χ4v) is 2.07. The van der Waals surface area contributed by atoms with Gasteiger partial charge in [-0.1, -0.05) is 13.8 Å². The van der Waals surface area contributed by atoms with Crippen LogP contribution < -0.4 is 5.32 Å². The van der Waals surface area contributed by atoms with Gasteiger partial charge in [-0.3, -0.25) is 0 Å². The Kier molecular flexibility index (Phi) is 3.99. The summed E-state index contributed by atoms with van der Waals surface area (Å²) in [5.41, 5.74) is 2.17. The minimum atomic E-state index is -0.367. The summed E-state index contributed by atoms with van der Waals surface area (Å²) in [6, 6.07) is 4.49. The molecule has 2 rings (SSSR count). The molecule has 4 heteroatoms. The molecule has 2 aromatic rings. The lowest BCUT2D eigenvalue weighted by Crippen LogP contribution is -2.21. The van der Waals surface area contributed by atoms with Crippen LogP contribution in [0.2, 0.25) is 0 Å². The fourth-order valence-electron chi connectivity index (χ4n) is 2.07. The van der Waals surface area contributed by atoms with Crippen molar-refractivity contribution in [1.82, 2.24) is 14.9 Å². The molecule has 2 aromatic heterocycles. The third kappa shape index (κ3) is 2.89.